The molecule has 26 heavy (non-hydrogen) atoms. The van der Waals surface area contributed by atoms with E-state index in [4.69, 9.17) is 23.2 Å². The van der Waals surface area contributed by atoms with E-state index in [1.54, 1.807) is 24.3 Å². The number of carbonyl (C=O) groups is 2. The molecule has 3 rings (SSSR count). The average molecular weight is 406 g/mol. The van der Waals surface area contributed by atoms with Gasteiger partial charge in [-0.1, -0.05) is 53.5 Å². The molecule has 8 heteroatoms. The second-order valence-corrected chi connectivity index (χ2v) is 7.14. The number of thiophene rings is 1. The molecule has 5 nitrogen and oxygen atoms in total. The van der Waals surface area contributed by atoms with Gasteiger partial charge in [0.25, 0.3) is 11.8 Å². The Bertz CT molecular complexity index is 1000. The van der Waals surface area contributed by atoms with Crippen LogP contribution in [-0.4, -0.2) is 24.6 Å². The number of hydrogen-bond acceptors (Lipinski definition) is 4. The first kappa shape index (κ1) is 18.4. The maximum absolute atomic E-state index is 12.3. The summed E-state index contributed by atoms with van der Waals surface area (Å²) in [7, 11) is 0. The molecule has 0 radical (unpaired) electrons. The number of benzene rings is 2. The Balaban J connectivity index is 1.55. The van der Waals surface area contributed by atoms with E-state index >= 15 is 0 Å². The fraction of sp³-hybridized carbons (Fsp3) is 0.0556. The lowest BCUT2D eigenvalue weighted by molar-refractivity contribution is -0.120. The van der Waals surface area contributed by atoms with Crippen LogP contribution in [0.5, 0.6) is 0 Å². The van der Waals surface area contributed by atoms with E-state index in [0.717, 1.165) is 15.6 Å². The molecule has 0 saturated carbocycles. The Labute approximate surface area is 163 Å². The molecule has 3 aromatic rings. The highest BCUT2D eigenvalue weighted by Gasteiger charge is 2.17. The van der Waals surface area contributed by atoms with Crippen LogP contribution < -0.4 is 10.7 Å². The lowest BCUT2D eigenvalue weighted by Gasteiger charge is -2.03. The molecule has 132 valence electrons. The summed E-state index contributed by atoms with van der Waals surface area (Å²) in [5, 5.41) is 8.15. The van der Waals surface area contributed by atoms with Gasteiger partial charge in [0.15, 0.2) is 0 Å². The van der Waals surface area contributed by atoms with Gasteiger partial charge in [0.1, 0.15) is 4.88 Å². The molecule has 0 atom stereocenters. The zero-order valence-corrected chi connectivity index (χ0v) is 15.7. The van der Waals surface area contributed by atoms with Crippen LogP contribution in [0.3, 0.4) is 0 Å². The van der Waals surface area contributed by atoms with Crippen LogP contribution in [0.4, 0.5) is 0 Å². The number of hydrogen-bond donors (Lipinski definition) is 2. The molecule has 0 saturated heterocycles. The van der Waals surface area contributed by atoms with Crippen molar-refractivity contribution in [3.05, 3.63) is 69.0 Å². The number of amides is 2. The predicted octanol–water partition coefficient (Wildman–Crippen LogP) is 4.09. The van der Waals surface area contributed by atoms with Crippen molar-refractivity contribution in [1.29, 1.82) is 0 Å². The van der Waals surface area contributed by atoms with Gasteiger partial charge in [-0.25, -0.2) is 5.43 Å². The summed E-state index contributed by atoms with van der Waals surface area (Å²) in [6.45, 7) is -0.212. The lowest BCUT2D eigenvalue weighted by Crippen LogP contribution is -2.34. The zero-order valence-electron chi connectivity index (χ0n) is 13.3. The molecule has 0 aliphatic carbocycles. The normalized spacial score (nSPS) is 11.0. The maximum atomic E-state index is 12.3. The largest absolute Gasteiger partial charge is 0.342 e. The van der Waals surface area contributed by atoms with E-state index in [1.807, 2.05) is 24.3 Å². The molecule has 0 unspecified atom stereocenters. The molecule has 0 aliphatic heterocycles. The van der Waals surface area contributed by atoms with Crippen LogP contribution in [0.1, 0.15) is 15.2 Å². The molecular formula is C18H13Cl2N3O2S. The number of hydrazone groups is 1. The number of carbonyl (C=O) groups excluding carboxylic acids is 2. The second kappa shape index (κ2) is 8.31. The van der Waals surface area contributed by atoms with Crippen molar-refractivity contribution in [3.63, 3.8) is 0 Å². The Morgan fingerprint density at radius 1 is 1.12 bits per heavy atom. The Morgan fingerprint density at radius 2 is 1.92 bits per heavy atom. The topological polar surface area (TPSA) is 70.6 Å². The molecular weight excluding hydrogens is 393 g/mol. The van der Waals surface area contributed by atoms with E-state index in [2.05, 4.69) is 15.8 Å². The maximum Gasteiger partial charge on any atom is 0.263 e. The lowest BCUT2D eigenvalue weighted by atomic mass is 10.2. The van der Waals surface area contributed by atoms with Crippen LogP contribution in [0.25, 0.3) is 10.1 Å². The smallest absolute Gasteiger partial charge is 0.263 e. The summed E-state index contributed by atoms with van der Waals surface area (Å²) >= 11 is 13.4. The van der Waals surface area contributed by atoms with Gasteiger partial charge in [0, 0.05) is 15.1 Å². The molecule has 1 aromatic heterocycles. The number of nitrogens with one attached hydrogen (secondary N) is 2. The quantitative estimate of drug-likeness (QED) is 0.495. The number of halogens is 2. The van der Waals surface area contributed by atoms with Crippen molar-refractivity contribution in [1.82, 2.24) is 10.7 Å². The van der Waals surface area contributed by atoms with Gasteiger partial charge < -0.3 is 5.32 Å². The third-order valence-corrected chi connectivity index (χ3v) is 5.31. The number of rotatable bonds is 5. The van der Waals surface area contributed by atoms with Crippen molar-refractivity contribution in [3.8, 4) is 0 Å². The first-order valence-corrected chi connectivity index (χ1v) is 9.14. The van der Waals surface area contributed by atoms with Gasteiger partial charge in [-0.3, -0.25) is 9.59 Å². The van der Waals surface area contributed by atoms with Crippen molar-refractivity contribution in [2.24, 2.45) is 5.10 Å². The Morgan fingerprint density at radius 3 is 2.69 bits per heavy atom. The second-order valence-electron chi connectivity index (χ2n) is 5.27. The molecule has 0 bridgehead atoms. The van der Waals surface area contributed by atoms with Crippen molar-refractivity contribution >= 4 is 62.7 Å². The highest BCUT2D eigenvalue weighted by atomic mass is 35.5. The first-order chi connectivity index (χ1) is 12.5. The van der Waals surface area contributed by atoms with Crippen LogP contribution in [0, 0.1) is 0 Å². The molecule has 2 N–H and O–H groups in total. The summed E-state index contributed by atoms with van der Waals surface area (Å²) in [5.41, 5.74) is 3.09. The third kappa shape index (κ3) is 4.40. The van der Waals surface area contributed by atoms with Crippen LogP contribution in [-0.2, 0) is 4.79 Å². The van der Waals surface area contributed by atoms with Crippen molar-refractivity contribution < 1.29 is 9.59 Å². The first-order valence-electron chi connectivity index (χ1n) is 7.57. The monoisotopic (exact) mass is 405 g/mol. The van der Waals surface area contributed by atoms with Gasteiger partial charge in [0.05, 0.1) is 17.8 Å². The number of nitrogens with zero attached hydrogens (tertiary/aromatic N) is 1. The van der Waals surface area contributed by atoms with E-state index in [-0.39, 0.29) is 6.54 Å². The fourth-order valence-electron chi connectivity index (χ4n) is 2.21. The van der Waals surface area contributed by atoms with E-state index in [9.17, 15) is 9.59 Å². The highest BCUT2D eigenvalue weighted by molar-refractivity contribution is 7.21. The summed E-state index contributed by atoms with van der Waals surface area (Å²) < 4.78 is 0.915. The third-order valence-electron chi connectivity index (χ3n) is 3.40. The summed E-state index contributed by atoms with van der Waals surface area (Å²) in [5.74, 6) is -0.848. The molecule has 2 aromatic carbocycles. The van der Waals surface area contributed by atoms with Gasteiger partial charge in [-0.15, -0.1) is 11.3 Å². The fourth-order valence-corrected chi connectivity index (χ4v) is 3.84. The molecule has 2 amide bonds. The van der Waals surface area contributed by atoms with E-state index in [0.29, 0.717) is 14.9 Å². The van der Waals surface area contributed by atoms with E-state index in [1.165, 1.54) is 17.6 Å². The van der Waals surface area contributed by atoms with Crippen LogP contribution >= 0.6 is 34.5 Å². The molecule has 0 fully saturated rings. The van der Waals surface area contributed by atoms with Gasteiger partial charge in [-0.05, 0) is 23.8 Å². The SMILES string of the molecule is O=C(CNC(=O)c1sc2ccccc2c1Cl)N/N=C\c1cccc(Cl)c1. The van der Waals surface area contributed by atoms with Gasteiger partial charge >= 0.3 is 0 Å². The average Bonchev–Trinajstić information content (AvgIpc) is 2.97. The van der Waals surface area contributed by atoms with Crippen LogP contribution in [0.2, 0.25) is 10.0 Å². The van der Waals surface area contributed by atoms with E-state index < -0.39 is 11.8 Å². The predicted molar refractivity (Wildman–Crippen MR) is 106 cm³/mol. The van der Waals surface area contributed by atoms with Crippen molar-refractivity contribution in [2.75, 3.05) is 6.54 Å². The minimum atomic E-state index is -0.450. The zero-order chi connectivity index (χ0) is 18.5. The molecule has 1 heterocycles. The highest BCUT2D eigenvalue weighted by Crippen LogP contribution is 2.34. The van der Waals surface area contributed by atoms with Crippen molar-refractivity contribution in [2.45, 2.75) is 0 Å². The minimum Gasteiger partial charge on any atom is -0.342 e. The summed E-state index contributed by atoms with van der Waals surface area (Å²) in [4.78, 5) is 24.4. The minimum absolute atomic E-state index is 0.212. The standard InChI is InChI=1S/C18H13Cl2N3O2S/c19-12-5-3-4-11(8-12)9-22-23-15(24)10-21-18(25)17-16(20)13-6-1-2-7-14(13)26-17/h1-9H,10H2,(H,21,25)(H,23,24)/b22-9-. The summed E-state index contributed by atoms with van der Waals surface area (Å²) in [6.07, 6.45) is 1.47. The van der Waals surface area contributed by atoms with Gasteiger partial charge in [0.2, 0.25) is 0 Å². The summed E-state index contributed by atoms with van der Waals surface area (Å²) in [6, 6.07) is 14.5. The van der Waals surface area contributed by atoms with Crippen LogP contribution in [0.15, 0.2) is 53.6 Å². The number of fused-ring (bicyclic) bond motifs is 1. The van der Waals surface area contributed by atoms with Gasteiger partial charge in [-0.2, -0.15) is 5.10 Å². The Kier molecular flexibility index (Phi) is 5.88. The molecule has 0 aliphatic rings. The molecule has 0 spiro atoms. The Hall–Kier alpha value is -2.41.